The topological polar surface area (TPSA) is 134 Å². The predicted octanol–water partition coefficient (Wildman–Crippen LogP) is 4.69. The van der Waals surface area contributed by atoms with Crippen molar-refractivity contribution in [2.75, 3.05) is 5.73 Å². The van der Waals surface area contributed by atoms with Crippen molar-refractivity contribution in [2.45, 2.75) is 81.9 Å². The van der Waals surface area contributed by atoms with E-state index in [9.17, 15) is 4.21 Å². The molecule has 2 aromatic heterocycles. The fourth-order valence-corrected chi connectivity index (χ4v) is 4.53. The van der Waals surface area contributed by atoms with Crippen molar-refractivity contribution in [3.63, 3.8) is 0 Å². The number of nitrogens with two attached hydrogens (primary N) is 2. The van der Waals surface area contributed by atoms with E-state index in [1.54, 1.807) is 6.20 Å². The van der Waals surface area contributed by atoms with Crippen LogP contribution in [0, 0.1) is 0 Å². The summed E-state index contributed by atoms with van der Waals surface area (Å²) in [6, 6.07) is 7.70. The molecule has 33 heavy (non-hydrogen) atoms. The normalized spacial score (nSPS) is 14.4. The number of hydrogen-bond donors (Lipinski definition) is 2. The summed E-state index contributed by atoms with van der Waals surface area (Å²) >= 11 is 0. The van der Waals surface area contributed by atoms with Gasteiger partial charge in [-0.25, -0.2) is 9.97 Å². The van der Waals surface area contributed by atoms with E-state index >= 15 is 0 Å². The van der Waals surface area contributed by atoms with Gasteiger partial charge in [0.2, 0.25) is 5.89 Å². The molecule has 178 valence electrons. The molecule has 0 radical (unpaired) electrons. The van der Waals surface area contributed by atoms with Crippen molar-refractivity contribution in [2.24, 2.45) is 5.73 Å². The van der Waals surface area contributed by atoms with E-state index in [0.717, 1.165) is 42.6 Å². The zero-order valence-corrected chi connectivity index (χ0v) is 20.6. The second kappa shape index (κ2) is 11.5. The highest BCUT2D eigenvalue weighted by atomic mass is 32.2. The number of benzene rings is 1. The van der Waals surface area contributed by atoms with Crippen LogP contribution in [-0.4, -0.2) is 35.7 Å². The summed E-state index contributed by atoms with van der Waals surface area (Å²) in [7, 11) is -1.04. The summed E-state index contributed by atoms with van der Waals surface area (Å²) < 4.78 is 18.2. The third kappa shape index (κ3) is 6.45. The molecule has 3 aromatic rings. The van der Waals surface area contributed by atoms with Crippen LogP contribution in [0.25, 0.3) is 22.8 Å². The lowest BCUT2D eigenvalue weighted by molar-refractivity contribution is 0.432. The second-order valence-corrected chi connectivity index (χ2v) is 10.7. The average Bonchev–Trinajstić information content (AvgIpc) is 3.29. The van der Waals surface area contributed by atoms with Gasteiger partial charge in [0.1, 0.15) is 0 Å². The van der Waals surface area contributed by atoms with Gasteiger partial charge in [0, 0.05) is 27.7 Å². The fraction of sp³-hybridized carbons (Fsp3) is 0.500. The molecule has 3 rings (SSSR count). The Morgan fingerprint density at radius 1 is 1.06 bits per heavy atom. The van der Waals surface area contributed by atoms with E-state index in [1.807, 2.05) is 38.1 Å². The zero-order valence-electron chi connectivity index (χ0n) is 19.8. The number of aromatic nitrogens is 4. The smallest absolute Gasteiger partial charge is 0.270 e. The summed E-state index contributed by atoms with van der Waals surface area (Å²) in [4.78, 5) is 9.68. The molecule has 9 heteroatoms. The fourth-order valence-electron chi connectivity index (χ4n) is 3.58. The highest BCUT2D eigenvalue weighted by Crippen LogP contribution is 2.28. The molecule has 2 heterocycles. The molecule has 1 aromatic carbocycles. The van der Waals surface area contributed by atoms with E-state index in [0.29, 0.717) is 17.3 Å². The van der Waals surface area contributed by atoms with Gasteiger partial charge in [-0.3, -0.25) is 4.21 Å². The van der Waals surface area contributed by atoms with Gasteiger partial charge >= 0.3 is 0 Å². The predicted molar refractivity (Wildman–Crippen MR) is 132 cm³/mol. The lowest BCUT2D eigenvalue weighted by atomic mass is 10.00. The Hall–Kier alpha value is -2.65. The van der Waals surface area contributed by atoms with Crippen LogP contribution < -0.4 is 11.5 Å². The maximum Gasteiger partial charge on any atom is 0.270 e. The Bertz CT molecular complexity index is 1070. The molecule has 0 saturated carbocycles. The molecule has 0 saturated heterocycles. The average molecular weight is 471 g/mol. The maximum absolute atomic E-state index is 12.3. The molecule has 0 aliphatic carbocycles. The first-order valence-corrected chi connectivity index (χ1v) is 12.7. The van der Waals surface area contributed by atoms with Crippen molar-refractivity contribution >= 4 is 16.6 Å². The van der Waals surface area contributed by atoms with Gasteiger partial charge in [0.15, 0.2) is 11.5 Å². The second-order valence-electron chi connectivity index (χ2n) is 8.69. The summed E-state index contributed by atoms with van der Waals surface area (Å²) in [6.45, 7) is 8.08. The first-order chi connectivity index (χ1) is 15.8. The molecule has 4 N–H and O–H groups in total. The molecular weight excluding hydrogens is 436 g/mol. The van der Waals surface area contributed by atoms with Crippen LogP contribution in [0.1, 0.15) is 71.6 Å². The third-order valence-corrected chi connectivity index (χ3v) is 7.14. The van der Waals surface area contributed by atoms with Crippen LogP contribution in [0.2, 0.25) is 0 Å². The molecular formula is C24H34N6O2S. The Balaban J connectivity index is 1.74. The summed E-state index contributed by atoms with van der Waals surface area (Å²) in [5.74, 6) is 1.15. The molecule has 8 nitrogen and oxygen atoms in total. The van der Waals surface area contributed by atoms with Gasteiger partial charge in [-0.15, -0.1) is 10.2 Å². The minimum absolute atomic E-state index is 0.0564. The SMILES string of the molecule is CCCC(N)CCCC(C)c1nnc(-c2nc(-c3ccc(S(=O)C(C)C)cc3)cnc2N)o1. The standard InChI is InChI=1S/C24H34N6O2S/c1-5-7-18(25)9-6-8-16(4)23-29-30-24(32-23)21-22(26)27-14-20(28-21)17-10-12-19(13-11-17)33(31)15(2)3/h10-16,18H,5-9,25H2,1-4H3,(H2,26,27). The largest absolute Gasteiger partial charge is 0.419 e. The summed E-state index contributed by atoms with van der Waals surface area (Å²) in [5.41, 5.74) is 14.0. The van der Waals surface area contributed by atoms with E-state index in [2.05, 4.69) is 34.0 Å². The first-order valence-electron chi connectivity index (χ1n) is 11.5. The summed E-state index contributed by atoms with van der Waals surface area (Å²) in [5, 5.41) is 8.44. The Morgan fingerprint density at radius 3 is 2.45 bits per heavy atom. The van der Waals surface area contributed by atoms with Gasteiger partial charge < -0.3 is 15.9 Å². The van der Waals surface area contributed by atoms with Crippen molar-refractivity contribution < 1.29 is 8.63 Å². The lowest BCUT2D eigenvalue weighted by Crippen LogP contribution is -2.19. The summed E-state index contributed by atoms with van der Waals surface area (Å²) in [6.07, 6.45) is 6.67. The molecule has 0 aliphatic rings. The van der Waals surface area contributed by atoms with Crippen LogP contribution in [0.3, 0.4) is 0 Å². The molecule has 0 amide bonds. The van der Waals surface area contributed by atoms with Crippen LogP contribution in [0.5, 0.6) is 0 Å². The Labute approximate surface area is 198 Å². The lowest BCUT2D eigenvalue weighted by Gasteiger charge is -2.11. The van der Waals surface area contributed by atoms with Crippen LogP contribution in [0.4, 0.5) is 5.82 Å². The van der Waals surface area contributed by atoms with Crippen molar-refractivity contribution in [3.8, 4) is 22.8 Å². The van der Waals surface area contributed by atoms with Crippen LogP contribution in [0.15, 0.2) is 39.8 Å². The molecule has 3 atom stereocenters. The molecule has 0 spiro atoms. The van der Waals surface area contributed by atoms with Gasteiger partial charge in [-0.05, 0) is 31.4 Å². The number of nitrogen functional groups attached to an aromatic ring is 1. The quantitative estimate of drug-likeness (QED) is 0.412. The Kier molecular flexibility index (Phi) is 8.68. The number of rotatable bonds is 11. The van der Waals surface area contributed by atoms with Crippen molar-refractivity contribution in [3.05, 3.63) is 36.4 Å². The zero-order chi connectivity index (χ0) is 24.0. The van der Waals surface area contributed by atoms with Gasteiger partial charge in [-0.2, -0.15) is 0 Å². The molecule has 0 aliphatic heterocycles. The molecule has 3 unspecified atom stereocenters. The number of nitrogens with zero attached hydrogens (tertiary/aromatic N) is 4. The van der Waals surface area contributed by atoms with E-state index in [-0.39, 0.29) is 28.9 Å². The first kappa shape index (κ1) is 25.0. The van der Waals surface area contributed by atoms with E-state index < -0.39 is 10.8 Å². The van der Waals surface area contributed by atoms with Crippen molar-refractivity contribution in [1.82, 2.24) is 20.2 Å². The van der Waals surface area contributed by atoms with Gasteiger partial charge in [-0.1, -0.05) is 52.7 Å². The van der Waals surface area contributed by atoms with E-state index in [4.69, 9.17) is 15.9 Å². The maximum atomic E-state index is 12.3. The minimum Gasteiger partial charge on any atom is -0.419 e. The van der Waals surface area contributed by atoms with Gasteiger partial charge in [0.05, 0.1) is 22.7 Å². The third-order valence-electron chi connectivity index (χ3n) is 5.55. The molecule has 0 fully saturated rings. The van der Waals surface area contributed by atoms with Crippen LogP contribution in [-0.2, 0) is 10.8 Å². The number of hydrogen-bond acceptors (Lipinski definition) is 8. The van der Waals surface area contributed by atoms with Gasteiger partial charge in [0.25, 0.3) is 5.89 Å². The number of anilines is 1. The highest BCUT2D eigenvalue weighted by Gasteiger charge is 2.19. The van der Waals surface area contributed by atoms with Crippen LogP contribution >= 0.6 is 0 Å². The monoisotopic (exact) mass is 470 g/mol. The minimum atomic E-state index is -1.04. The highest BCUT2D eigenvalue weighted by molar-refractivity contribution is 7.85. The Morgan fingerprint density at radius 2 is 1.79 bits per heavy atom. The molecule has 0 bridgehead atoms. The van der Waals surface area contributed by atoms with E-state index in [1.165, 1.54) is 0 Å². The van der Waals surface area contributed by atoms with Crippen molar-refractivity contribution in [1.29, 1.82) is 0 Å².